The smallest absolute Gasteiger partial charge is 0.0410 e. The third kappa shape index (κ3) is 2.82. The lowest BCUT2D eigenvalue weighted by molar-refractivity contribution is 0.553. The molecule has 0 bridgehead atoms. The molecule has 0 radical (unpaired) electrons. The normalized spacial score (nSPS) is 11.2. The van der Waals surface area contributed by atoms with Gasteiger partial charge in [-0.15, -0.1) is 0 Å². The molecule has 1 heterocycles. The van der Waals surface area contributed by atoms with E-state index in [0.717, 1.165) is 12.3 Å². The summed E-state index contributed by atoms with van der Waals surface area (Å²) in [6.07, 6.45) is 5.61. The van der Waals surface area contributed by atoms with E-state index in [1.54, 1.807) is 0 Å². The number of nitrogens with zero attached hydrogens (tertiary/aromatic N) is 1. The zero-order chi connectivity index (χ0) is 11.4. The van der Waals surface area contributed by atoms with Gasteiger partial charge in [-0.1, -0.05) is 44.5 Å². The molecule has 0 aliphatic heterocycles. The molecule has 0 saturated carbocycles. The molecule has 16 heavy (non-hydrogen) atoms. The summed E-state index contributed by atoms with van der Waals surface area (Å²) < 4.78 is 0. The maximum Gasteiger partial charge on any atom is 0.0410 e. The number of benzene rings is 1. The number of hydrogen-bond donors (Lipinski definition) is 0. The fourth-order valence-electron chi connectivity index (χ4n) is 1.96. The SMILES string of the molecule is CC(C)CCCc1cc2ccccc2cn1. The van der Waals surface area contributed by atoms with Crippen LogP contribution in [0.25, 0.3) is 10.8 Å². The summed E-state index contributed by atoms with van der Waals surface area (Å²) in [6.45, 7) is 4.54. The van der Waals surface area contributed by atoms with Crippen LogP contribution in [0.2, 0.25) is 0 Å². The van der Waals surface area contributed by atoms with Crippen LogP contribution in [0.1, 0.15) is 32.4 Å². The van der Waals surface area contributed by atoms with E-state index in [1.807, 2.05) is 6.20 Å². The highest BCUT2D eigenvalue weighted by atomic mass is 14.7. The average molecular weight is 213 g/mol. The molecule has 0 unspecified atom stereocenters. The van der Waals surface area contributed by atoms with Crippen molar-refractivity contribution in [2.24, 2.45) is 5.92 Å². The maximum atomic E-state index is 4.50. The van der Waals surface area contributed by atoms with Gasteiger partial charge in [0.25, 0.3) is 0 Å². The number of pyridine rings is 1. The Bertz CT molecular complexity index is 460. The molecule has 2 aromatic rings. The van der Waals surface area contributed by atoms with Gasteiger partial charge in [0, 0.05) is 17.3 Å². The number of aryl methyl sites for hydroxylation is 1. The molecule has 1 nitrogen and oxygen atoms in total. The summed E-state index contributed by atoms with van der Waals surface area (Å²) in [7, 11) is 0. The van der Waals surface area contributed by atoms with Gasteiger partial charge in [-0.2, -0.15) is 0 Å². The molecule has 1 aromatic carbocycles. The first-order chi connectivity index (χ1) is 7.75. The molecule has 1 aromatic heterocycles. The zero-order valence-electron chi connectivity index (χ0n) is 10.1. The summed E-state index contributed by atoms with van der Waals surface area (Å²) in [4.78, 5) is 4.50. The van der Waals surface area contributed by atoms with Crippen molar-refractivity contribution in [3.63, 3.8) is 0 Å². The van der Waals surface area contributed by atoms with Crippen molar-refractivity contribution in [3.8, 4) is 0 Å². The van der Waals surface area contributed by atoms with Crippen molar-refractivity contribution in [2.75, 3.05) is 0 Å². The van der Waals surface area contributed by atoms with Crippen LogP contribution in [0, 0.1) is 5.92 Å². The van der Waals surface area contributed by atoms with Crippen molar-refractivity contribution >= 4 is 10.8 Å². The Labute approximate surface area is 97.5 Å². The molecule has 0 saturated heterocycles. The van der Waals surface area contributed by atoms with Gasteiger partial charge in [0.1, 0.15) is 0 Å². The van der Waals surface area contributed by atoms with Crippen molar-refractivity contribution < 1.29 is 0 Å². The van der Waals surface area contributed by atoms with Crippen LogP contribution in [-0.4, -0.2) is 4.98 Å². The van der Waals surface area contributed by atoms with Crippen LogP contribution in [0.5, 0.6) is 0 Å². The van der Waals surface area contributed by atoms with Crippen LogP contribution in [0.3, 0.4) is 0 Å². The van der Waals surface area contributed by atoms with E-state index < -0.39 is 0 Å². The molecule has 1 heteroatoms. The summed E-state index contributed by atoms with van der Waals surface area (Å²) in [6, 6.07) is 10.6. The van der Waals surface area contributed by atoms with Crippen molar-refractivity contribution in [2.45, 2.75) is 33.1 Å². The van der Waals surface area contributed by atoms with Crippen molar-refractivity contribution in [1.82, 2.24) is 4.98 Å². The average Bonchev–Trinajstić information content (AvgIpc) is 2.28. The van der Waals surface area contributed by atoms with E-state index in [-0.39, 0.29) is 0 Å². The fourth-order valence-corrected chi connectivity index (χ4v) is 1.96. The van der Waals surface area contributed by atoms with Crippen LogP contribution in [0.15, 0.2) is 36.5 Å². The molecule has 84 valence electrons. The first-order valence-electron chi connectivity index (χ1n) is 6.09. The van der Waals surface area contributed by atoms with E-state index in [9.17, 15) is 0 Å². The monoisotopic (exact) mass is 213 g/mol. The summed E-state index contributed by atoms with van der Waals surface area (Å²) in [5.41, 5.74) is 1.22. The standard InChI is InChI=1S/C15H19N/c1-12(2)6-5-9-15-10-13-7-3-4-8-14(13)11-16-15/h3-4,7-8,10-12H,5-6,9H2,1-2H3. The van der Waals surface area contributed by atoms with Gasteiger partial charge in [0.2, 0.25) is 0 Å². The van der Waals surface area contributed by atoms with Gasteiger partial charge in [-0.25, -0.2) is 0 Å². The topological polar surface area (TPSA) is 12.9 Å². The van der Waals surface area contributed by atoms with E-state index >= 15 is 0 Å². The van der Waals surface area contributed by atoms with Crippen LogP contribution in [0.4, 0.5) is 0 Å². The molecular formula is C15H19N. The minimum atomic E-state index is 0.792. The first-order valence-corrected chi connectivity index (χ1v) is 6.09. The van der Waals surface area contributed by atoms with Crippen LogP contribution < -0.4 is 0 Å². The molecule has 0 amide bonds. The molecule has 0 aliphatic carbocycles. The summed E-state index contributed by atoms with van der Waals surface area (Å²) in [5, 5.41) is 2.53. The summed E-state index contributed by atoms with van der Waals surface area (Å²) in [5.74, 6) is 0.792. The highest BCUT2D eigenvalue weighted by Gasteiger charge is 1.99. The van der Waals surface area contributed by atoms with Gasteiger partial charge in [0.05, 0.1) is 0 Å². The lowest BCUT2D eigenvalue weighted by atomic mass is 10.0. The molecule has 0 fully saturated rings. The van der Waals surface area contributed by atoms with Gasteiger partial charge >= 0.3 is 0 Å². The van der Waals surface area contributed by atoms with Gasteiger partial charge < -0.3 is 0 Å². The highest BCUT2D eigenvalue weighted by Crippen LogP contribution is 2.15. The molecule has 0 spiro atoms. The van der Waals surface area contributed by atoms with E-state index in [1.165, 1.54) is 29.3 Å². The van der Waals surface area contributed by atoms with Crippen molar-refractivity contribution in [1.29, 1.82) is 0 Å². The van der Waals surface area contributed by atoms with Crippen LogP contribution in [-0.2, 0) is 6.42 Å². The minimum absolute atomic E-state index is 0.792. The zero-order valence-corrected chi connectivity index (χ0v) is 10.1. The number of fused-ring (bicyclic) bond motifs is 1. The molecule has 0 atom stereocenters. The largest absolute Gasteiger partial charge is 0.261 e. The third-order valence-corrected chi connectivity index (χ3v) is 2.90. The Hall–Kier alpha value is -1.37. The molecule has 0 N–H and O–H groups in total. The second-order valence-electron chi connectivity index (χ2n) is 4.81. The lowest BCUT2D eigenvalue weighted by Gasteiger charge is -2.05. The Morgan fingerprint density at radius 3 is 2.62 bits per heavy atom. The predicted molar refractivity (Wildman–Crippen MR) is 69.5 cm³/mol. The maximum absolute atomic E-state index is 4.50. The van der Waals surface area contributed by atoms with E-state index in [2.05, 4.69) is 49.2 Å². The van der Waals surface area contributed by atoms with Gasteiger partial charge in [-0.05, 0) is 30.2 Å². The lowest BCUT2D eigenvalue weighted by Crippen LogP contribution is -1.93. The fraction of sp³-hybridized carbons (Fsp3) is 0.400. The minimum Gasteiger partial charge on any atom is -0.261 e. The summed E-state index contributed by atoms with van der Waals surface area (Å²) >= 11 is 0. The Balaban J connectivity index is 2.08. The molecule has 0 aliphatic rings. The second kappa shape index (κ2) is 5.11. The second-order valence-corrected chi connectivity index (χ2v) is 4.81. The first kappa shape index (κ1) is 11.1. The Morgan fingerprint density at radius 1 is 1.12 bits per heavy atom. The number of rotatable bonds is 4. The highest BCUT2D eigenvalue weighted by molar-refractivity contribution is 5.81. The third-order valence-electron chi connectivity index (χ3n) is 2.90. The van der Waals surface area contributed by atoms with Gasteiger partial charge in [-0.3, -0.25) is 4.98 Å². The Kier molecular flexibility index (Phi) is 3.55. The number of aromatic nitrogens is 1. The quantitative estimate of drug-likeness (QED) is 0.741. The predicted octanol–water partition coefficient (Wildman–Crippen LogP) is 4.21. The number of hydrogen-bond acceptors (Lipinski definition) is 1. The van der Waals surface area contributed by atoms with Crippen molar-refractivity contribution in [3.05, 3.63) is 42.2 Å². The van der Waals surface area contributed by atoms with E-state index in [4.69, 9.17) is 0 Å². The van der Waals surface area contributed by atoms with E-state index in [0.29, 0.717) is 0 Å². The molecular weight excluding hydrogens is 194 g/mol. The van der Waals surface area contributed by atoms with Gasteiger partial charge in [0.15, 0.2) is 0 Å². The molecule has 2 rings (SSSR count). The van der Waals surface area contributed by atoms with Crippen LogP contribution >= 0.6 is 0 Å². The Morgan fingerprint density at radius 2 is 1.88 bits per heavy atom.